The zero-order valence-corrected chi connectivity index (χ0v) is 10.0. The van der Waals surface area contributed by atoms with Crippen LogP contribution >= 0.6 is 0 Å². The smallest absolute Gasteiger partial charge is 0.194 e. The Hall–Kier alpha value is -1.29. The molecule has 0 bridgehead atoms. The van der Waals surface area contributed by atoms with Crippen LogP contribution in [0.3, 0.4) is 0 Å². The van der Waals surface area contributed by atoms with Gasteiger partial charge in [0.25, 0.3) is 0 Å². The summed E-state index contributed by atoms with van der Waals surface area (Å²) >= 11 is 0. The van der Waals surface area contributed by atoms with E-state index in [0.29, 0.717) is 17.9 Å². The van der Waals surface area contributed by atoms with Gasteiger partial charge in [0.05, 0.1) is 7.11 Å². The topological polar surface area (TPSA) is 41.5 Å². The number of hydrogen-bond donors (Lipinski definition) is 2. The second kappa shape index (κ2) is 5.36. The van der Waals surface area contributed by atoms with E-state index in [4.69, 9.17) is 4.74 Å². The van der Waals surface area contributed by atoms with Gasteiger partial charge in [-0.15, -0.1) is 0 Å². The number of phenols is 1. The molecule has 1 unspecified atom stereocenters. The third-order valence-corrected chi connectivity index (χ3v) is 3.29. The van der Waals surface area contributed by atoms with E-state index < -0.39 is 5.82 Å². The summed E-state index contributed by atoms with van der Waals surface area (Å²) in [5.41, 5.74) is 0.567. The predicted octanol–water partition coefficient (Wildman–Crippen LogP) is 2.08. The maximum Gasteiger partial charge on any atom is 0.194 e. The van der Waals surface area contributed by atoms with Crippen LogP contribution in [0, 0.1) is 11.7 Å². The van der Waals surface area contributed by atoms with E-state index in [9.17, 15) is 9.50 Å². The average molecular weight is 239 g/mol. The number of piperidine rings is 1. The molecule has 2 N–H and O–H groups in total. The van der Waals surface area contributed by atoms with Crippen LogP contribution in [0.4, 0.5) is 4.39 Å². The number of methoxy groups -OCH3 is 1. The van der Waals surface area contributed by atoms with Crippen molar-refractivity contribution in [1.29, 1.82) is 0 Å². The maximum absolute atomic E-state index is 13.9. The van der Waals surface area contributed by atoms with Crippen molar-refractivity contribution in [3.05, 3.63) is 23.5 Å². The summed E-state index contributed by atoms with van der Waals surface area (Å²) < 4.78 is 18.7. The van der Waals surface area contributed by atoms with E-state index in [1.807, 2.05) is 0 Å². The molecule has 4 heteroatoms. The molecule has 1 heterocycles. The number of halogens is 1. The molecule has 94 valence electrons. The van der Waals surface area contributed by atoms with Gasteiger partial charge in [-0.2, -0.15) is 0 Å². The van der Waals surface area contributed by atoms with E-state index in [-0.39, 0.29) is 11.5 Å². The lowest BCUT2D eigenvalue weighted by Gasteiger charge is -2.23. The fraction of sp³-hybridized carbons (Fsp3) is 0.538. The zero-order valence-electron chi connectivity index (χ0n) is 10.0. The molecule has 3 nitrogen and oxygen atoms in total. The minimum Gasteiger partial charge on any atom is -0.502 e. The van der Waals surface area contributed by atoms with Crippen molar-refractivity contribution in [2.45, 2.75) is 19.3 Å². The van der Waals surface area contributed by atoms with Crippen LogP contribution in [0.15, 0.2) is 12.1 Å². The third kappa shape index (κ3) is 2.69. The molecular formula is C13H18FNO2. The summed E-state index contributed by atoms with van der Waals surface area (Å²) in [6.07, 6.45) is 2.91. The van der Waals surface area contributed by atoms with E-state index >= 15 is 0 Å². The molecule has 1 aliphatic heterocycles. The summed E-state index contributed by atoms with van der Waals surface area (Å²) in [6.45, 7) is 1.97. The molecule has 2 rings (SSSR count). The fourth-order valence-electron chi connectivity index (χ4n) is 2.32. The molecule has 17 heavy (non-hydrogen) atoms. The summed E-state index contributed by atoms with van der Waals surface area (Å²) in [7, 11) is 1.42. The molecule has 0 radical (unpaired) electrons. The summed E-state index contributed by atoms with van der Waals surface area (Å²) in [4.78, 5) is 0. The van der Waals surface area contributed by atoms with E-state index in [2.05, 4.69) is 5.32 Å². The fourth-order valence-corrected chi connectivity index (χ4v) is 2.32. The third-order valence-electron chi connectivity index (χ3n) is 3.29. The van der Waals surface area contributed by atoms with E-state index in [1.54, 1.807) is 12.1 Å². The van der Waals surface area contributed by atoms with Gasteiger partial charge in [0.15, 0.2) is 17.3 Å². The van der Waals surface area contributed by atoms with E-state index in [1.165, 1.54) is 7.11 Å². The highest BCUT2D eigenvalue weighted by Gasteiger charge is 2.18. The number of rotatable bonds is 3. The lowest BCUT2D eigenvalue weighted by Crippen LogP contribution is -2.31. The Bertz CT molecular complexity index is 389. The minimum atomic E-state index is -0.546. The highest BCUT2D eigenvalue weighted by Crippen LogP contribution is 2.32. The van der Waals surface area contributed by atoms with Crippen molar-refractivity contribution in [2.75, 3.05) is 20.2 Å². The molecule has 0 aromatic heterocycles. The van der Waals surface area contributed by atoms with Crippen LogP contribution in [0.5, 0.6) is 11.5 Å². The van der Waals surface area contributed by atoms with Crippen LogP contribution in [0.2, 0.25) is 0 Å². The standard InChI is InChI=1S/C13H18FNO2/c1-17-11-5-4-10(12(14)13(11)16)7-9-3-2-6-15-8-9/h4-5,9,15-16H,2-3,6-8H2,1H3. The summed E-state index contributed by atoms with van der Waals surface area (Å²) in [6, 6.07) is 3.31. The molecule has 0 saturated carbocycles. The Morgan fingerprint density at radius 2 is 2.35 bits per heavy atom. The molecule has 1 atom stereocenters. The Balaban J connectivity index is 2.12. The van der Waals surface area contributed by atoms with Crippen LogP contribution in [0.25, 0.3) is 0 Å². The first-order valence-electron chi connectivity index (χ1n) is 5.97. The minimum absolute atomic E-state index is 0.188. The van der Waals surface area contributed by atoms with Crippen molar-refractivity contribution >= 4 is 0 Å². The van der Waals surface area contributed by atoms with Gasteiger partial charge in [-0.1, -0.05) is 6.07 Å². The Labute approximate surface area is 101 Å². The second-order valence-electron chi connectivity index (χ2n) is 4.51. The number of ether oxygens (including phenoxy) is 1. The van der Waals surface area contributed by atoms with E-state index in [0.717, 1.165) is 25.9 Å². The van der Waals surface area contributed by atoms with Gasteiger partial charge in [-0.3, -0.25) is 0 Å². The first kappa shape index (κ1) is 12.2. The monoisotopic (exact) mass is 239 g/mol. The van der Waals surface area contributed by atoms with Crippen LogP contribution < -0.4 is 10.1 Å². The molecular weight excluding hydrogens is 221 g/mol. The van der Waals surface area contributed by atoms with Gasteiger partial charge >= 0.3 is 0 Å². The highest BCUT2D eigenvalue weighted by atomic mass is 19.1. The highest BCUT2D eigenvalue weighted by molar-refractivity contribution is 5.43. The van der Waals surface area contributed by atoms with Crippen LogP contribution in [-0.2, 0) is 6.42 Å². The first-order chi connectivity index (χ1) is 8.22. The normalized spacial score (nSPS) is 20.2. The number of nitrogens with one attached hydrogen (secondary N) is 1. The number of benzene rings is 1. The Morgan fingerprint density at radius 3 is 3.00 bits per heavy atom. The molecule has 0 spiro atoms. The van der Waals surface area contributed by atoms with Gasteiger partial charge in [-0.05, 0) is 49.9 Å². The second-order valence-corrected chi connectivity index (χ2v) is 4.51. The lowest BCUT2D eigenvalue weighted by molar-refractivity contribution is 0.347. The van der Waals surface area contributed by atoms with Gasteiger partial charge in [0.2, 0.25) is 0 Å². The van der Waals surface area contributed by atoms with Crippen molar-refractivity contribution in [3.8, 4) is 11.5 Å². The summed E-state index contributed by atoms with van der Waals surface area (Å²) in [5, 5.41) is 12.9. The van der Waals surface area contributed by atoms with Gasteiger partial charge in [-0.25, -0.2) is 4.39 Å². The SMILES string of the molecule is COc1ccc(CC2CCCNC2)c(F)c1O. The molecule has 1 aromatic carbocycles. The van der Waals surface area contributed by atoms with Gasteiger partial charge < -0.3 is 15.2 Å². The quantitative estimate of drug-likeness (QED) is 0.848. The number of phenolic OH excluding ortho intramolecular Hbond substituents is 1. The molecule has 1 aromatic rings. The lowest BCUT2D eigenvalue weighted by atomic mass is 9.92. The summed E-state index contributed by atoms with van der Waals surface area (Å²) in [5.74, 6) is -0.289. The molecule has 1 saturated heterocycles. The maximum atomic E-state index is 13.9. The van der Waals surface area contributed by atoms with Crippen molar-refractivity contribution < 1.29 is 14.2 Å². The van der Waals surface area contributed by atoms with Crippen LogP contribution in [0.1, 0.15) is 18.4 Å². The number of hydrogen-bond acceptors (Lipinski definition) is 3. The molecule has 0 aliphatic carbocycles. The number of aromatic hydroxyl groups is 1. The zero-order chi connectivity index (χ0) is 12.3. The molecule has 0 amide bonds. The van der Waals surface area contributed by atoms with Gasteiger partial charge in [0, 0.05) is 0 Å². The Morgan fingerprint density at radius 1 is 1.53 bits per heavy atom. The van der Waals surface area contributed by atoms with Crippen molar-refractivity contribution in [3.63, 3.8) is 0 Å². The molecule has 1 aliphatic rings. The van der Waals surface area contributed by atoms with Crippen molar-refractivity contribution in [1.82, 2.24) is 5.32 Å². The largest absolute Gasteiger partial charge is 0.502 e. The molecule has 1 fully saturated rings. The van der Waals surface area contributed by atoms with Crippen LogP contribution in [-0.4, -0.2) is 25.3 Å². The first-order valence-corrected chi connectivity index (χ1v) is 5.97. The predicted molar refractivity (Wildman–Crippen MR) is 63.9 cm³/mol. The average Bonchev–Trinajstić information content (AvgIpc) is 2.37. The van der Waals surface area contributed by atoms with Gasteiger partial charge in [0.1, 0.15) is 0 Å². The van der Waals surface area contributed by atoms with Crippen molar-refractivity contribution in [2.24, 2.45) is 5.92 Å². The Kier molecular flexibility index (Phi) is 3.84.